The maximum Gasteiger partial charge on any atom is 0.255 e. The van der Waals surface area contributed by atoms with Gasteiger partial charge < -0.3 is 10.6 Å². The largest absolute Gasteiger partial charge is 0.388 e. The number of carbonyl (C=O) groups excluding carboxylic acids is 1. The van der Waals surface area contributed by atoms with Crippen LogP contribution in [0.5, 0.6) is 0 Å². The fourth-order valence-electron chi connectivity index (χ4n) is 2.41. The third-order valence-electron chi connectivity index (χ3n) is 3.54. The van der Waals surface area contributed by atoms with Gasteiger partial charge in [0.25, 0.3) is 5.91 Å². The Bertz CT molecular complexity index is 635. The van der Waals surface area contributed by atoms with Crippen molar-refractivity contribution >= 4 is 17.3 Å². The van der Waals surface area contributed by atoms with Crippen LogP contribution in [-0.2, 0) is 6.42 Å². The van der Waals surface area contributed by atoms with E-state index in [4.69, 9.17) is 0 Å². The van der Waals surface area contributed by atoms with Crippen molar-refractivity contribution in [2.45, 2.75) is 26.7 Å². The smallest absolute Gasteiger partial charge is 0.255 e. The number of rotatable bonds is 5. The van der Waals surface area contributed by atoms with Crippen molar-refractivity contribution in [1.82, 2.24) is 0 Å². The maximum absolute atomic E-state index is 12.4. The molecule has 0 aliphatic carbocycles. The summed E-state index contributed by atoms with van der Waals surface area (Å²) < 4.78 is 0. The van der Waals surface area contributed by atoms with Crippen molar-refractivity contribution < 1.29 is 4.79 Å². The van der Waals surface area contributed by atoms with Crippen LogP contribution in [0.2, 0.25) is 0 Å². The summed E-state index contributed by atoms with van der Waals surface area (Å²) in [6.07, 6.45) is 2.02. The Balaban J connectivity index is 2.20. The summed E-state index contributed by atoms with van der Waals surface area (Å²) in [5, 5.41) is 6.12. The molecule has 2 N–H and O–H groups in total. The number of aryl methyl sites for hydroxylation is 2. The Hall–Kier alpha value is -2.29. The molecular weight excluding hydrogens is 260 g/mol. The van der Waals surface area contributed by atoms with Gasteiger partial charge in [-0.25, -0.2) is 0 Å². The monoisotopic (exact) mass is 282 g/mol. The van der Waals surface area contributed by atoms with Gasteiger partial charge in [0.1, 0.15) is 0 Å². The van der Waals surface area contributed by atoms with E-state index in [0.29, 0.717) is 5.56 Å². The number of hydrogen-bond donors (Lipinski definition) is 2. The zero-order valence-electron chi connectivity index (χ0n) is 12.9. The van der Waals surface area contributed by atoms with E-state index in [-0.39, 0.29) is 5.91 Å². The molecule has 21 heavy (non-hydrogen) atoms. The predicted octanol–water partition coefficient (Wildman–Crippen LogP) is 4.24. The Morgan fingerprint density at radius 3 is 2.52 bits per heavy atom. The quantitative estimate of drug-likeness (QED) is 0.861. The van der Waals surface area contributed by atoms with Crippen molar-refractivity contribution in [3.05, 3.63) is 59.2 Å². The molecule has 0 bridgehead atoms. The second kappa shape index (κ2) is 6.93. The predicted molar refractivity (Wildman–Crippen MR) is 89.1 cm³/mol. The van der Waals surface area contributed by atoms with E-state index in [0.717, 1.165) is 29.8 Å². The maximum atomic E-state index is 12.4. The Morgan fingerprint density at radius 2 is 1.86 bits per heavy atom. The summed E-state index contributed by atoms with van der Waals surface area (Å²) in [4.78, 5) is 12.4. The molecule has 0 atom stereocenters. The average molecular weight is 282 g/mol. The van der Waals surface area contributed by atoms with E-state index < -0.39 is 0 Å². The van der Waals surface area contributed by atoms with E-state index in [1.165, 1.54) is 5.56 Å². The Labute approximate surface area is 126 Å². The number of amides is 1. The normalized spacial score (nSPS) is 10.2. The Kier molecular flexibility index (Phi) is 4.99. The average Bonchev–Trinajstić information content (AvgIpc) is 2.49. The molecule has 0 unspecified atom stereocenters. The highest BCUT2D eigenvalue weighted by atomic mass is 16.1. The second-order valence-electron chi connectivity index (χ2n) is 5.14. The molecule has 0 fully saturated rings. The van der Waals surface area contributed by atoms with Gasteiger partial charge in [-0.15, -0.1) is 0 Å². The number of anilines is 2. The van der Waals surface area contributed by atoms with Crippen LogP contribution < -0.4 is 10.6 Å². The fourth-order valence-corrected chi connectivity index (χ4v) is 2.41. The lowest BCUT2D eigenvalue weighted by Gasteiger charge is -2.12. The number of benzene rings is 2. The molecule has 0 aromatic heterocycles. The summed E-state index contributed by atoms with van der Waals surface area (Å²) >= 11 is 0. The van der Waals surface area contributed by atoms with Crippen LogP contribution >= 0.6 is 0 Å². The minimum atomic E-state index is -0.0655. The first-order chi connectivity index (χ1) is 10.2. The molecule has 0 spiro atoms. The molecule has 2 rings (SSSR count). The third-order valence-corrected chi connectivity index (χ3v) is 3.54. The summed E-state index contributed by atoms with van der Waals surface area (Å²) in [5.41, 5.74) is 4.86. The van der Waals surface area contributed by atoms with Gasteiger partial charge in [-0.05, 0) is 48.7 Å². The lowest BCUT2D eigenvalue weighted by molar-refractivity contribution is 0.102. The van der Waals surface area contributed by atoms with E-state index in [1.54, 1.807) is 0 Å². The van der Waals surface area contributed by atoms with Crippen molar-refractivity contribution in [2.75, 3.05) is 17.7 Å². The lowest BCUT2D eigenvalue weighted by atomic mass is 10.1. The van der Waals surface area contributed by atoms with Gasteiger partial charge in [0.05, 0.1) is 0 Å². The Morgan fingerprint density at radius 1 is 1.10 bits per heavy atom. The molecule has 3 nitrogen and oxygen atoms in total. The van der Waals surface area contributed by atoms with Gasteiger partial charge in [0, 0.05) is 24.0 Å². The van der Waals surface area contributed by atoms with Gasteiger partial charge in [0.2, 0.25) is 0 Å². The SMILES string of the molecule is CCCc1ccccc1NC(=O)c1ccc(NC)c(C)c1. The summed E-state index contributed by atoms with van der Waals surface area (Å²) in [7, 11) is 1.88. The van der Waals surface area contributed by atoms with Crippen LogP contribution in [0.25, 0.3) is 0 Å². The van der Waals surface area contributed by atoms with Crippen molar-refractivity contribution in [3.8, 4) is 0 Å². The number of nitrogens with one attached hydrogen (secondary N) is 2. The molecule has 3 heteroatoms. The van der Waals surface area contributed by atoms with Gasteiger partial charge in [-0.3, -0.25) is 4.79 Å². The van der Waals surface area contributed by atoms with Gasteiger partial charge in [-0.1, -0.05) is 31.5 Å². The fraction of sp³-hybridized carbons (Fsp3) is 0.278. The third kappa shape index (κ3) is 3.63. The highest BCUT2D eigenvalue weighted by Gasteiger charge is 2.09. The standard InChI is InChI=1S/C18H22N2O/c1-4-7-14-8-5-6-9-17(14)20-18(21)15-10-11-16(19-3)13(2)12-15/h5-6,8-12,19H,4,7H2,1-3H3,(H,20,21). The summed E-state index contributed by atoms with van der Waals surface area (Å²) in [6.45, 7) is 4.13. The second-order valence-corrected chi connectivity index (χ2v) is 5.14. The first kappa shape index (κ1) is 15.1. The molecule has 2 aromatic carbocycles. The van der Waals surface area contributed by atoms with Crippen LogP contribution in [0.15, 0.2) is 42.5 Å². The number of hydrogen-bond acceptors (Lipinski definition) is 2. The van der Waals surface area contributed by atoms with Crippen molar-refractivity contribution in [3.63, 3.8) is 0 Å². The van der Waals surface area contributed by atoms with E-state index in [1.807, 2.05) is 50.4 Å². The minimum absolute atomic E-state index is 0.0655. The highest BCUT2D eigenvalue weighted by Crippen LogP contribution is 2.20. The van der Waals surface area contributed by atoms with E-state index in [9.17, 15) is 4.79 Å². The van der Waals surface area contributed by atoms with Gasteiger partial charge in [0.15, 0.2) is 0 Å². The zero-order valence-corrected chi connectivity index (χ0v) is 12.9. The molecule has 0 aliphatic heterocycles. The molecular formula is C18H22N2O. The van der Waals surface area contributed by atoms with E-state index >= 15 is 0 Å². The molecule has 2 aromatic rings. The van der Waals surface area contributed by atoms with Crippen LogP contribution in [0.3, 0.4) is 0 Å². The van der Waals surface area contributed by atoms with Gasteiger partial charge in [-0.2, -0.15) is 0 Å². The van der Waals surface area contributed by atoms with Crippen LogP contribution in [-0.4, -0.2) is 13.0 Å². The molecule has 0 saturated heterocycles. The van der Waals surface area contributed by atoms with Crippen LogP contribution in [0.1, 0.15) is 34.8 Å². The molecule has 1 amide bonds. The first-order valence-electron chi connectivity index (χ1n) is 7.33. The highest BCUT2D eigenvalue weighted by molar-refractivity contribution is 6.05. The van der Waals surface area contributed by atoms with Crippen molar-refractivity contribution in [1.29, 1.82) is 0 Å². The van der Waals surface area contributed by atoms with E-state index in [2.05, 4.69) is 23.6 Å². The van der Waals surface area contributed by atoms with Gasteiger partial charge >= 0.3 is 0 Å². The lowest BCUT2D eigenvalue weighted by Crippen LogP contribution is -2.13. The molecule has 0 saturated carbocycles. The summed E-state index contributed by atoms with van der Waals surface area (Å²) in [5.74, 6) is -0.0655. The molecule has 110 valence electrons. The summed E-state index contributed by atoms with van der Waals surface area (Å²) in [6, 6.07) is 13.7. The topological polar surface area (TPSA) is 41.1 Å². The molecule has 0 radical (unpaired) electrons. The van der Waals surface area contributed by atoms with Crippen LogP contribution in [0.4, 0.5) is 11.4 Å². The van der Waals surface area contributed by atoms with Crippen molar-refractivity contribution in [2.24, 2.45) is 0 Å². The first-order valence-corrected chi connectivity index (χ1v) is 7.33. The zero-order chi connectivity index (χ0) is 15.2. The molecule has 0 heterocycles. The number of carbonyl (C=O) groups is 1. The minimum Gasteiger partial charge on any atom is -0.388 e. The molecule has 0 aliphatic rings. The number of para-hydroxylation sites is 1. The van der Waals surface area contributed by atoms with Crippen LogP contribution in [0, 0.1) is 6.92 Å².